The average Bonchev–Trinajstić information content (AvgIpc) is 3.01. The first-order chi connectivity index (χ1) is 8.81. The largest absolute Gasteiger partial charge is 0.316 e. The van der Waals surface area contributed by atoms with Crippen LogP contribution in [0.3, 0.4) is 0 Å². The van der Waals surface area contributed by atoms with Gasteiger partial charge in [0.25, 0.3) is 0 Å². The van der Waals surface area contributed by atoms with E-state index in [-0.39, 0.29) is 0 Å². The van der Waals surface area contributed by atoms with E-state index in [4.69, 9.17) is 4.98 Å². The van der Waals surface area contributed by atoms with Crippen molar-refractivity contribution in [2.45, 2.75) is 31.6 Å². The quantitative estimate of drug-likeness (QED) is 0.907. The van der Waals surface area contributed by atoms with Crippen molar-refractivity contribution in [3.8, 4) is 0 Å². The molecule has 3 nitrogen and oxygen atoms in total. The molecule has 2 aliphatic heterocycles. The highest BCUT2D eigenvalue weighted by Gasteiger charge is 2.22. The van der Waals surface area contributed by atoms with E-state index in [1.165, 1.54) is 62.6 Å². The number of hydrogen-bond acceptors (Lipinski definition) is 4. The van der Waals surface area contributed by atoms with Crippen molar-refractivity contribution in [2.75, 3.05) is 33.2 Å². The Bertz CT molecular complexity index is 384. The van der Waals surface area contributed by atoms with E-state index < -0.39 is 0 Å². The van der Waals surface area contributed by atoms with Gasteiger partial charge in [0, 0.05) is 24.3 Å². The summed E-state index contributed by atoms with van der Waals surface area (Å²) in [5.41, 5.74) is 1.35. The summed E-state index contributed by atoms with van der Waals surface area (Å²) < 4.78 is 0. The molecule has 2 fully saturated rings. The molecule has 2 unspecified atom stereocenters. The van der Waals surface area contributed by atoms with E-state index in [0.29, 0.717) is 5.92 Å². The molecule has 0 saturated carbocycles. The molecule has 2 saturated heterocycles. The van der Waals surface area contributed by atoms with E-state index >= 15 is 0 Å². The standard InChI is InChI=1S/C14H23N3S/c1-17-6-2-3-12(9-17)13-10-18-14(16-13)7-11-4-5-15-8-11/h10-12,15H,2-9H2,1H3. The molecule has 100 valence electrons. The molecule has 1 aromatic heterocycles. The fourth-order valence-corrected chi connectivity index (χ4v) is 4.14. The van der Waals surface area contributed by atoms with Crippen LogP contribution in [0.4, 0.5) is 0 Å². The zero-order valence-corrected chi connectivity index (χ0v) is 12.0. The molecule has 0 aromatic carbocycles. The van der Waals surface area contributed by atoms with Gasteiger partial charge in [0.2, 0.25) is 0 Å². The Labute approximate surface area is 114 Å². The van der Waals surface area contributed by atoms with Crippen LogP contribution in [0.25, 0.3) is 0 Å². The van der Waals surface area contributed by atoms with Crippen LogP contribution in [0.2, 0.25) is 0 Å². The van der Waals surface area contributed by atoms with Gasteiger partial charge in [0.05, 0.1) is 10.7 Å². The third-order valence-electron chi connectivity index (χ3n) is 4.24. The summed E-state index contributed by atoms with van der Waals surface area (Å²) >= 11 is 1.87. The highest BCUT2D eigenvalue weighted by Crippen LogP contribution is 2.28. The maximum absolute atomic E-state index is 4.90. The number of rotatable bonds is 3. The van der Waals surface area contributed by atoms with Gasteiger partial charge in [-0.15, -0.1) is 11.3 Å². The Kier molecular flexibility index (Phi) is 3.97. The van der Waals surface area contributed by atoms with Gasteiger partial charge in [0.1, 0.15) is 0 Å². The van der Waals surface area contributed by atoms with Crippen LogP contribution in [0.5, 0.6) is 0 Å². The molecule has 1 N–H and O–H groups in total. The van der Waals surface area contributed by atoms with Gasteiger partial charge in [0.15, 0.2) is 0 Å². The van der Waals surface area contributed by atoms with Crippen molar-refractivity contribution < 1.29 is 0 Å². The summed E-state index contributed by atoms with van der Waals surface area (Å²) in [5.74, 6) is 1.49. The SMILES string of the molecule is CN1CCCC(c2csc(CC3CCNC3)n2)C1. The molecule has 4 heteroatoms. The molecule has 3 heterocycles. The van der Waals surface area contributed by atoms with Gasteiger partial charge >= 0.3 is 0 Å². The van der Waals surface area contributed by atoms with E-state index in [0.717, 1.165) is 5.92 Å². The topological polar surface area (TPSA) is 28.2 Å². The number of likely N-dealkylation sites (N-methyl/N-ethyl adjacent to an activating group) is 1. The van der Waals surface area contributed by atoms with Crippen LogP contribution in [0.1, 0.15) is 35.9 Å². The maximum atomic E-state index is 4.90. The number of likely N-dealkylation sites (tertiary alicyclic amines) is 1. The number of hydrogen-bond donors (Lipinski definition) is 1. The lowest BCUT2D eigenvalue weighted by Gasteiger charge is -2.28. The Morgan fingerprint density at radius 1 is 1.50 bits per heavy atom. The van der Waals surface area contributed by atoms with E-state index in [1.54, 1.807) is 0 Å². The molecule has 2 atom stereocenters. The second-order valence-electron chi connectivity index (χ2n) is 5.83. The molecule has 0 spiro atoms. The summed E-state index contributed by atoms with van der Waals surface area (Å²) in [6.07, 6.45) is 5.14. The predicted molar refractivity (Wildman–Crippen MR) is 76.3 cm³/mol. The lowest BCUT2D eigenvalue weighted by atomic mass is 9.96. The second-order valence-corrected chi connectivity index (χ2v) is 6.77. The molecule has 3 rings (SSSR count). The summed E-state index contributed by atoms with van der Waals surface area (Å²) in [6, 6.07) is 0. The van der Waals surface area contributed by atoms with Crippen LogP contribution in [-0.2, 0) is 6.42 Å². The Hall–Kier alpha value is -0.450. The number of piperidine rings is 1. The molecule has 0 bridgehead atoms. The minimum absolute atomic E-state index is 0.676. The van der Waals surface area contributed by atoms with Gasteiger partial charge in [-0.2, -0.15) is 0 Å². The first-order valence-electron chi connectivity index (χ1n) is 7.15. The maximum Gasteiger partial charge on any atom is 0.0931 e. The normalized spacial score (nSPS) is 29.8. The van der Waals surface area contributed by atoms with Crippen molar-refractivity contribution in [1.82, 2.24) is 15.2 Å². The summed E-state index contributed by atoms with van der Waals surface area (Å²) in [4.78, 5) is 7.33. The van der Waals surface area contributed by atoms with Crippen molar-refractivity contribution in [1.29, 1.82) is 0 Å². The van der Waals surface area contributed by atoms with Gasteiger partial charge in [-0.1, -0.05) is 0 Å². The molecule has 0 radical (unpaired) electrons. The molecular formula is C14H23N3S. The van der Waals surface area contributed by atoms with Gasteiger partial charge in [-0.3, -0.25) is 0 Å². The summed E-state index contributed by atoms with van der Waals surface area (Å²) in [7, 11) is 2.23. The molecule has 0 aliphatic carbocycles. The first-order valence-corrected chi connectivity index (χ1v) is 8.03. The summed E-state index contributed by atoms with van der Waals surface area (Å²) in [6.45, 7) is 4.81. The number of aromatic nitrogens is 1. The van der Waals surface area contributed by atoms with Crippen molar-refractivity contribution in [3.63, 3.8) is 0 Å². The lowest BCUT2D eigenvalue weighted by Crippen LogP contribution is -2.30. The highest BCUT2D eigenvalue weighted by molar-refractivity contribution is 7.09. The van der Waals surface area contributed by atoms with E-state index in [1.807, 2.05) is 11.3 Å². The van der Waals surface area contributed by atoms with E-state index in [9.17, 15) is 0 Å². The number of nitrogens with zero attached hydrogens (tertiary/aromatic N) is 2. The molecule has 18 heavy (non-hydrogen) atoms. The monoisotopic (exact) mass is 265 g/mol. The van der Waals surface area contributed by atoms with Gasteiger partial charge < -0.3 is 10.2 Å². The molecule has 1 aromatic rings. The molecule has 0 amide bonds. The highest BCUT2D eigenvalue weighted by atomic mass is 32.1. The zero-order valence-electron chi connectivity index (χ0n) is 11.2. The predicted octanol–water partition coefficient (Wildman–Crippen LogP) is 2.10. The minimum atomic E-state index is 0.676. The van der Waals surface area contributed by atoms with Gasteiger partial charge in [-0.05, 0) is 51.9 Å². The van der Waals surface area contributed by atoms with Crippen LogP contribution >= 0.6 is 11.3 Å². The lowest BCUT2D eigenvalue weighted by molar-refractivity contribution is 0.248. The average molecular weight is 265 g/mol. The van der Waals surface area contributed by atoms with Crippen molar-refractivity contribution >= 4 is 11.3 Å². The third-order valence-corrected chi connectivity index (χ3v) is 5.13. The number of nitrogens with one attached hydrogen (secondary N) is 1. The second kappa shape index (κ2) is 5.68. The minimum Gasteiger partial charge on any atom is -0.316 e. The van der Waals surface area contributed by atoms with Crippen LogP contribution in [0, 0.1) is 5.92 Å². The van der Waals surface area contributed by atoms with E-state index in [2.05, 4.69) is 22.6 Å². The van der Waals surface area contributed by atoms with Gasteiger partial charge in [-0.25, -0.2) is 4.98 Å². The molecule has 2 aliphatic rings. The first kappa shape index (κ1) is 12.6. The Balaban J connectivity index is 1.61. The smallest absolute Gasteiger partial charge is 0.0931 e. The van der Waals surface area contributed by atoms with Crippen LogP contribution in [-0.4, -0.2) is 43.1 Å². The Morgan fingerprint density at radius 3 is 3.22 bits per heavy atom. The zero-order chi connectivity index (χ0) is 12.4. The Morgan fingerprint density at radius 2 is 2.44 bits per heavy atom. The summed E-state index contributed by atoms with van der Waals surface area (Å²) in [5, 5.41) is 7.10. The fraction of sp³-hybridized carbons (Fsp3) is 0.786. The number of thiazole rings is 1. The molecular weight excluding hydrogens is 242 g/mol. The van der Waals surface area contributed by atoms with Crippen LogP contribution < -0.4 is 5.32 Å². The van der Waals surface area contributed by atoms with Crippen molar-refractivity contribution in [2.24, 2.45) is 5.92 Å². The third kappa shape index (κ3) is 2.92. The van der Waals surface area contributed by atoms with Crippen molar-refractivity contribution in [3.05, 3.63) is 16.1 Å². The van der Waals surface area contributed by atoms with Crippen LogP contribution in [0.15, 0.2) is 5.38 Å². The fourth-order valence-electron chi connectivity index (χ4n) is 3.15.